The van der Waals surface area contributed by atoms with Crippen LogP contribution in [0, 0.1) is 0 Å². The smallest absolute Gasteiger partial charge is 0.264 e. The largest absolute Gasteiger partial charge is 0.391 e. The maximum Gasteiger partial charge on any atom is 0.264 e. The van der Waals surface area contributed by atoms with Crippen molar-refractivity contribution in [3.63, 3.8) is 0 Å². The van der Waals surface area contributed by atoms with Crippen LogP contribution >= 0.6 is 27.3 Å². The first kappa shape index (κ1) is 14.5. The minimum atomic E-state index is -0.432. The number of thiophene rings is 1. The SMILES string of the molecule is CN(CC(=O)N1CC[C@@H](O)C1)C(=O)c1ccc(Br)s1. The van der Waals surface area contributed by atoms with Crippen molar-refractivity contribution < 1.29 is 14.7 Å². The Balaban J connectivity index is 1.91. The van der Waals surface area contributed by atoms with Gasteiger partial charge in [0, 0.05) is 20.1 Å². The van der Waals surface area contributed by atoms with Crippen molar-refractivity contribution in [3.8, 4) is 0 Å². The van der Waals surface area contributed by atoms with Crippen LogP contribution in [0.2, 0.25) is 0 Å². The molecule has 2 amide bonds. The summed E-state index contributed by atoms with van der Waals surface area (Å²) < 4.78 is 0.887. The summed E-state index contributed by atoms with van der Waals surface area (Å²) in [5, 5.41) is 9.39. The van der Waals surface area contributed by atoms with Crippen LogP contribution in [0.1, 0.15) is 16.1 Å². The van der Waals surface area contributed by atoms with Gasteiger partial charge < -0.3 is 14.9 Å². The Morgan fingerprint density at radius 3 is 2.84 bits per heavy atom. The number of hydrogen-bond donors (Lipinski definition) is 1. The van der Waals surface area contributed by atoms with E-state index in [2.05, 4.69) is 15.9 Å². The van der Waals surface area contributed by atoms with Crippen molar-refractivity contribution >= 4 is 39.1 Å². The molecule has 1 N–H and O–H groups in total. The van der Waals surface area contributed by atoms with Crippen LogP contribution in [0.15, 0.2) is 15.9 Å². The number of likely N-dealkylation sites (N-methyl/N-ethyl adjacent to an activating group) is 1. The lowest BCUT2D eigenvalue weighted by Crippen LogP contribution is -2.40. The highest BCUT2D eigenvalue weighted by atomic mass is 79.9. The van der Waals surface area contributed by atoms with Gasteiger partial charge in [0.25, 0.3) is 5.91 Å². The number of halogens is 1. The summed E-state index contributed by atoms with van der Waals surface area (Å²) in [6.45, 7) is 0.971. The molecule has 7 heteroatoms. The van der Waals surface area contributed by atoms with Crippen LogP contribution in [0.4, 0.5) is 0 Å². The van der Waals surface area contributed by atoms with Crippen molar-refractivity contribution in [2.45, 2.75) is 12.5 Å². The molecule has 1 atom stereocenters. The van der Waals surface area contributed by atoms with E-state index in [4.69, 9.17) is 0 Å². The minimum Gasteiger partial charge on any atom is -0.391 e. The first-order valence-electron chi connectivity index (χ1n) is 5.94. The molecule has 19 heavy (non-hydrogen) atoms. The van der Waals surface area contributed by atoms with Gasteiger partial charge in [0.2, 0.25) is 5.91 Å². The molecule has 104 valence electrons. The lowest BCUT2D eigenvalue weighted by Gasteiger charge is -2.21. The molecule has 0 bridgehead atoms. The average Bonchev–Trinajstić information content (AvgIpc) is 2.97. The fourth-order valence-electron chi connectivity index (χ4n) is 1.96. The van der Waals surface area contributed by atoms with Gasteiger partial charge in [-0.25, -0.2) is 0 Å². The summed E-state index contributed by atoms with van der Waals surface area (Å²) in [7, 11) is 1.61. The number of nitrogens with zero attached hydrogens (tertiary/aromatic N) is 2. The number of carbonyl (C=O) groups is 2. The fraction of sp³-hybridized carbons (Fsp3) is 0.500. The van der Waals surface area contributed by atoms with E-state index in [-0.39, 0.29) is 18.4 Å². The summed E-state index contributed by atoms with van der Waals surface area (Å²) in [6, 6.07) is 3.54. The zero-order chi connectivity index (χ0) is 14.0. The third kappa shape index (κ3) is 3.55. The molecule has 1 aliphatic rings. The highest BCUT2D eigenvalue weighted by molar-refractivity contribution is 9.11. The molecular formula is C12H15BrN2O3S. The Bertz CT molecular complexity index is 491. The maximum atomic E-state index is 12.1. The van der Waals surface area contributed by atoms with Crippen molar-refractivity contribution in [2.75, 3.05) is 26.7 Å². The molecule has 0 spiro atoms. The Labute approximate surface area is 123 Å². The second kappa shape index (κ2) is 6.02. The first-order valence-corrected chi connectivity index (χ1v) is 7.55. The highest BCUT2D eigenvalue weighted by Crippen LogP contribution is 2.23. The third-order valence-electron chi connectivity index (χ3n) is 3.02. The number of rotatable bonds is 3. The quantitative estimate of drug-likeness (QED) is 0.893. The van der Waals surface area contributed by atoms with Crippen molar-refractivity contribution in [3.05, 3.63) is 20.8 Å². The van der Waals surface area contributed by atoms with Crippen LogP contribution in [-0.2, 0) is 4.79 Å². The van der Waals surface area contributed by atoms with Gasteiger partial charge in [-0.1, -0.05) is 0 Å². The zero-order valence-electron chi connectivity index (χ0n) is 10.5. The van der Waals surface area contributed by atoms with E-state index in [0.29, 0.717) is 24.4 Å². The van der Waals surface area contributed by atoms with Gasteiger partial charge >= 0.3 is 0 Å². The molecule has 2 rings (SSSR count). The standard InChI is InChI=1S/C12H15BrN2O3S/c1-14(12(18)9-2-3-10(13)19-9)7-11(17)15-5-4-8(16)6-15/h2-3,8,16H,4-7H2,1H3/t8-/m1/s1. The molecule has 0 unspecified atom stereocenters. The normalized spacial score (nSPS) is 18.7. The van der Waals surface area contributed by atoms with E-state index in [9.17, 15) is 14.7 Å². The highest BCUT2D eigenvalue weighted by Gasteiger charge is 2.26. The van der Waals surface area contributed by atoms with E-state index in [0.717, 1.165) is 3.79 Å². The lowest BCUT2D eigenvalue weighted by atomic mass is 10.3. The molecule has 1 fully saturated rings. The first-order chi connectivity index (χ1) is 8.97. The molecule has 0 aliphatic carbocycles. The van der Waals surface area contributed by atoms with Gasteiger partial charge in [0.05, 0.1) is 21.3 Å². The monoisotopic (exact) mass is 346 g/mol. The van der Waals surface area contributed by atoms with Gasteiger partial charge in [-0.15, -0.1) is 11.3 Å². The Morgan fingerprint density at radius 1 is 1.58 bits per heavy atom. The van der Waals surface area contributed by atoms with E-state index < -0.39 is 6.10 Å². The van der Waals surface area contributed by atoms with Gasteiger partial charge in [0.15, 0.2) is 0 Å². The Morgan fingerprint density at radius 2 is 2.32 bits per heavy atom. The van der Waals surface area contributed by atoms with E-state index >= 15 is 0 Å². The predicted octanol–water partition coefficient (Wildman–Crippen LogP) is 1.18. The molecule has 0 aromatic carbocycles. The third-order valence-corrected chi connectivity index (χ3v) is 4.63. The number of amides is 2. The number of hydrogen-bond acceptors (Lipinski definition) is 4. The maximum absolute atomic E-state index is 12.1. The summed E-state index contributed by atoms with van der Waals surface area (Å²) >= 11 is 4.65. The molecule has 1 aliphatic heterocycles. The van der Waals surface area contributed by atoms with Crippen LogP contribution in [-0.4, -0.2) is 59.5 Å². The molecule has 0 radical (unpaired) electrons. The van der Waals surface area contributed by atoms with Crippen molar-refractivity contribution in [1.29, 1.82) is 0 Å². The van der Waals surface area contributed by atoms with Gasteiger partial charge in [0.1, 0.15) is 0 Å². The molecule has 1 aromatic heterocycles. The molecule has 1 aromatic rings. The Hall–Kier alpha value is -0.920. The predicted molar refractivity (Wildman–Crippen MR) is 76.2 cm³/mol. The topological polar surface area (TPSA) is 60.9 Å². The second-order valence-corrected chi connectivity index (χ2v) is 7.01. The number of aliphatic hydroxyl groups excluding tert-OH is 1. The summed E-state index contributed by atoms with van der Waals surface area (Å²) in [5.74, 6) is -0.285. The average molecular weight is 347 g/mol. The van der Waals surface area contributed by atoms with Crippen LogP contribution in [0.3, 0.4) is 0 Å². The fourth-order valence-corrected chi connectivity index (χ4v) is 3.34. The number of carbonyl (C=O) groups excluding carboxylic acids is 2. The molecule has 0 saturated carbocycles. The Kier molecular flexibility index (Phi) is 4.59. The van der Waals surface area contributed by atoms with E-state index in [1.165, 1.54) is 16.2 Å². The van der Waals surface area contributed by atoms with E-state index in [1.54, 1.807) is 18.0 Å². The molecule has 1 saturated heterocycles. The zero-order valence-corrected chi connectivity index (χ0v) is 12.9. The summed E-state index contributed by atoms with van der Waals surface area (Å²) in [4.78, 5) is 27.6. The van der Waals surface area contributed by atoms with Crippen molar-refractivity contribution in [1.82, 2.24) is 9.80 Å². The second-order valence-electron chi connectivity index (χ2n) is 4.55. The van der Waals surface area contributed by atoms with Crippen molar-refractivity contribution in [2.24, 2.45) is 0 Å². The summed E-state index contributed by atoms with van der Waals surface area (Å²) in [5.41, 5.74) is 0. The van der Waals surface area contributed by atoms with Crippen LogP contribution < -0.4 is 0 Å². The number of β-amino-alcohol motifs (C(OH)–C–C–N with tert-alkyl or cyclic N) is 1. The van der Waals surface area contributed by atoms with Gasteiger partial charge in [-0.2, -0.15) is 0 Å². The lowest BCUT2D eigenvalue weighted by molar-refractivity contribution is -0.130. The summed E-state index contributed by atoms with van der Waals surface area (Å²) in [6.07, 6.45) is 0.180. The molecule has 2 heterocycles. The molecule has 5 nitrogen and oxygen atoms in total. The van der Waals surface area contributed by atoms with Gasteiger partial charge in [-0.3, -0.25) is 9.59 Å². The van der Waals surface area contributed by atoms with Crippen LogP contribution in [0.25, 0.3) is 0 Å². The van der Waals surface area contributed by atoms with E-state index in [1.807, 2.05) is 6.07 Å². The minimum absolute atomic E-state index is 0.0427. The van der Waals surface area contributed by atoms with Gasteiger partial charge in [-0.05, 0) is 34.5 Å². The number of aliphatic hydroxyl groups is 1. The molecular weight excluding hydrogens is 332 g/mol. The number of likely N-dealkylation sites (tertiary alicyclic amines) is 1. The van der Waals surface area contributed by atoms with Crippen LogP contribution in [0.5, 0.6) is 0 Å².